The van der Waals surface area contributed by atoms with E-state index in [1.54, 1.807) is 0 Å². The van der Waals surface area contributed by atoms with E-state index in [1.807, 2.05) is 23.1 Å². The third kappa shape index (κ3) is 1.65. The van der Waals surface area contributed by atoms with Crippen molar-refractivity contribution in [2.45, 2.75) is 23.8 Å². The third-order valence-electron chi connectivity index (χ3n) is 3.15. The number of thiophene rings is 1. The second kappa shape index (κ2) is 3.92. The number of thioether (sulfide) groups is 1. The Morgan fingerprint density at radius 3 is 3.20 bits per heavy atom. The Kier molecular flexibility index (Phi) is 2.58. The van der Waals surface area contributed by atoms with E-state index in [9.17, 15) is 4.79 Å². The predicted octanol–water partition coefficient (Wildman–Crippen LogP) is 2.14. The third-order valence-corrected chi connectivity index (χ3v) is 5.37. The highest BCUT2D eigenvalue weighted by molar-refractivity contribution is 7.98. The predicted molar refractivity (Wildman–Crippen MR) is 64.6 cm³/mol. The summed E-state index contributed by atoms with van der Waals surface area (Å²) in [5, 5.41) is 5.53. The summed E-state index contributed by atoms with van der Waals surface area (Å²) in [4.78, 5) is 13.3. The minimum atomic E-state index is 0.137. The molecule has 0 saturated carbocycles. The maximum atomic E-state index is 11.9. The summed E-state index contributed by atoms with van der Waals surface area (Å²) in [6.45, 7) is 1.70. The van der Waals surface area contributed by atoms with Crippen LogP contribution in [0.3, 0.4) is 0 Å². The quantitative estimate of drug-likeness (QED) is 0.814. The Hall–Kier alpha value is -0.320. The van der Waals surface area contributed by atoms with Gasteiger partial charge in [-0.1, -0.05) is 0 Å². The van der Waals surface area contributed by atoms with Crippen molar-refractivity contribution in [3.63, 3.8) is 0 Å². The van der Waals surface area contributed by atoms with Crippen LogP contribution in [0.4, 0.5) is 0 Å². The first-order valence-corrected chi connectivity index (χ1v) is 7.30. The summed E-state index contributed by atoms with van der Waals surface area (Å²) >= 11 is 3.80. The van der Waals surface area contributed by atoms with Crippen LogP contribution < -0.4 is 5.32 Å². The smallest absolute Gasteiger partial charge is 0.142 e. The lowest BCUT2D eigenvalue weighted by atomic mass is 9.90. The van der Waals surface area contributed by atoms with E-state index in [4.69, 9.17) is 0 Å². The van der Waals surface area contributed by atoms with Crippen LogP contribution in [0.2, 0.25) is 0 Å². The van der Waals surface area contributed by atoms with E-state index >= 15 is 0 Å². The van der Waals surface area contributed by atoms with Crippen LogP contribution in [0.25, 0.3) is 0 Å². The van der Waals surface area contributed by atoms with Crippen LogP contribution in [-0.2, 0) is 16.3 Å². The van der Waals surface area contributed by atoms with E-state index in [0.29, 0.717) is 12.2 Å². The van der Waals surface area contributed by atoms with Crippen molar-refractivity contribution in [1.29, 1.82) is 0 Å². The van der Waals surface area contributed by atoms with Crippen molar-refractivity contribution in [1.82, 2.24) is 5.32 Å². The summed E-state index contributed by atoms with van der Waals surface area (Å²) in [5.74, 6) is 2.82. The van der Waals surface area contributed by atoms with Gasteiger partial charge in [-0.05, 0) is 16.5 Å². The number of piperidine rings is 1. The molecule has 0 amide bonds. The average molecular weight is 239 g/mol. The summed E-state index contributed by atoms with van der Waals surface area (Å²) < 4.78 is 0. The highest BCUT2D eigenvalue weighted by atomic mass is 32.2. The molecule has 1 aromatic rings. The van der Waals surface area contributed by atoms with E-state index in [-0.39, 0.29) is 5.92 Å². The molecule has 2 nitrogen and oxygen atoms in total. The molecular formula is C11H13NOS2. The van der Waals surface area contributed by atoms with E-state index in [1.165, 1.54) is 16.0 Å². The van der Waals surface area contributed by atoms with Gasteiger partial charge in [-0.3, -0.25) is 4.79 Å². The van der Waals surface area contributed by atoms with Gasteiger partial charge in [-0.2, -0.15) is 11.8 Å². The van der Waals surface area contributed by atoms with Gasteiger partial charge in [0, 0.05) is 35.9 Å². The largest absolute Gasteiger partial charge is 0.315 e. The molecule has 0 aromatic carbocycles. The molecule has 3 heterocycles. The van der Waals surface area contributed by atoms with Crippen LogP contribution >= 0.6 is 23.1 Å². The summed E-state index contributed by atoms with van der Waals surface area (Å²) in [6, 6.07) is 0. The van der Waals surface area contributed by atoms with Gasteiger partial charge in [0.05, 0.1) is 5.92 Å². The van der Waals surface area contributed by atoms with Gasteiger partial charge in [0.15, 0.2) is 0 Å². The Morgan fingerprint density at radius 1 is 1.40 bits per heavy atom. The topological polar surface area (TPSA) is 29.1 Å². The molecule has 3 rings (SSSR count). The lowest BCUT2D eigenvalue weighted by Gasteiger charge is -2.21. The maximum absolute atomic E-state index is 11.9. The number of carbonyl (C=O) groups excluding carboxylic acids is 1. The molecule has 15 heavy (non-hydrogen) atoms. The molecular weight excluding hydrogens is 226 g/mol. The van der Waals surface area contributed by atoms with Crippen LogP contribution in [0.1, 0.15) is 28.3 Å². The lowest BCUT2D eigenvalue weighted by Crippen LogP contribution is -2.35. The molecule has 1 fully saturated rings. The van der Waals surface area contributed by atoms with Crippen molar-refractivity contribution in [2.75, 3.05) is 13.1 Å². The number of rotatable bonds is 1. The maximum Gasteiger partial charge on any atom is 0.142 e. The van der Waals surface area contributed by atoms with Gasteiger partial charge < -0.3 is 5.32 Å². The molecule has 2 aliphatic heterocycles. The highest BCUT2D eigenvalue weighted by Gasteiger charge is 2.29. The molecule has 0 radical (unpaired) electrons. The number of fused-ring (bicyclic) bond motifs is 1. The lowest BCUT2D eigenvalue weighted by molar-refractivity contribution is -0.121. The van der Waals surface area contributed by atoms with Crippen LogP contribution in [0, 0.1) is 0 Å². The molecule has 4 heteroatoms. The minimum Gasteiger partial charge on any atom is -0.315 e. The first-order valence-electron chi connectivity index (χ1n) is 5.26. The highest BCUT2D eigenvalue weighted by Crippen LogP contribution is 2.40. The second-order valence-electron chi connectivity index (χ2n) is 4.06. The molecule has 1 unspecified atom stereocenters. The molecule has 2 aliphatic rings. The second-order valence-corrected chi connectivity index (χ2v) is 6.01. The zero-order valence-corrected chi connectivity index (χ0v) is 10.0. The van der Waals surface area contributed by atoms with Crippen molar-refractivity contribution < 1.29 is 4.79 Å². The van der Waals surface area contributed by atoms with Crippen molar-refractivity contribution >= 4 is 28.9 Å². The summed E-state index contributed by atoms with van der Waals surface area (Å²) in [6.07, 6.45) is 0.697. The number of nitrogens with one attached hydrogen (secondary N) is 1. The van der Waals surface area contributed by atoms with E-state index in [0.717, 1.165) is 24.6 Å². The van der Waals surface area contributed by atoms with Gasteiger partial charge in [0.25, 0.3) is 0 Å². The Bertz CT molecular complexity index is 399. The van der Waals surface area contributed by atoms with E-state index < -0.39 is 0 Å². The molecule has 0 aliphatic carbocycles. The minimum absolute atomic E-state index is 0.137. The zero-order valence-electron chi connectivity index (χ0n) is 8.41. The van der Waals surface area contributed by atoms with Crippen LogP contribution in [0.15, 0.2) is 5.38 Å². The fraction of sp³-hybridized carbons (Fsp3) is 0.545. The van der Waals surface area contributed by atoms with Gasteiger partial charge in [0.2, 0.25) is 0 Å². The number of hydrogen-bond acceptors (Lipinski definition) is 4. The van der Waals surface area contributed by atoms with Crippen molar-refractivity contribution in [3.05, 3.63) is 21.4 Å². The first kappa shape index (κ1) is 9.87. The van der Waals surface area contributed by atoms with Crippen LogP contribution in [0.5, 0.6) is 0 Å². The standard InChI is InChI=1S/C11H13NOS2/c13-10-1-2-12-3-7(10)8-5-15-11-6-14-4-9(8)11/h5,7,12H,1-4,6H2. The average Bonchev–Trinajstić information content (AvgIpc) is 2.80. The Morgan fingerprint density at radius 2 is 2.33 bits per heavy atom. The molecule has 1 N–H and O–H groups in total. The number of hydrogen-bond donors (Lipinski definition) is 1. The van der Waals surface area contributed by atoms with Crippen molar-refractivity contribution in [3.8, 4) is 0 Å². The number of ketones is 1. The summed E-state index contributed by atoms with van der Waals surface area (Å²) in [7, 11) is 0. The Labute approximate surface area is 97.4 Å². The van der Waals surface area contributed by atoms with Crippen LogP contribution in [-0.4, -0.2) is 18.9 Å². The molecule has 0 bridgehead atoms. The molecule has 0 spiro atoms. The Balaban J connectivity index is 1.94. The van der Waals surface area contributed by atoms with Gasteiger partial charge in [-0.15, -0.1) is 11.3 Å². The van der Waals surface area contributed by atoms with Crippen molar-refractivity contribution in [2.24, 2.45) is 0 Å². The van der Waals surface area contributed by atoms with Gasteiger partial charge in [-0.25, -0.2) is 0 Å². The molecule has 1 saturated heterocycles. The normalized spacial score (nSPS) is 25.6. The molecule has 1 atom stereocenters. The monoisotopic (exact) mass is 239 g/mol. The van der Waals surface area contributed by atoms with Gasteiger partial charge in [0.1, 0.15) is 5.78 Å². The zero-order chi connectivity index (χ0) is 10.3. The molecule has 80 valence electrons. The number of Topliss-reactive ketones (excluding diaryl/α,β-unsaturated/α-hetero) is 1. The van der Waals surface area contributed by atoms with E-state index in [2.05, 4.69) is 10.7 Å². The fourth-order valence-electron chi connectivity index (χ4n) is 2.29. The SMILES string of the molecule is O=C1CCNCC1c1csc2c1CSC2. The molecule has 1 aromatic heterocycles. The fourth-order valence-corrected chi connectivity index (χ4v) is 4.82. The summed E-state index contributed by atoms with van der Waals surface area (Å²) in [5.41, 5.74) is 2.78. The number of carbonyl (C=O) groups is 1. The van der Waals surface area contributed by atoms with Gasteiger partial charge >= 0.3 is 0 Å². The first-order chi connectivity index (χ1) is 7.36.